The zero-order chi connectivity index (χ0) is 57.5. The molecule has 406 valence electrons. The van der Waals surface area contributed by atoms with Crippen LogP contribution in [0.2, 0.25) is 0 Å². The van der Waals surface area contributed by atoms with Crippen LogP contribution in [0.3, 0.4) is 0 Å². The van der Waals surface area contributed by atoms with Gasteiger partial charge in [-0.05, 0) is 157 Å². The summed E-state index contributed by atoms with van der Waals surface area (Å²) in [4.78, 5) is 0. The van der Waals surface area contributed by atoms with Crippen LogP contribution in [-0.2, 0) is 16.2 Å². The van der Waals surface area contributed by atoms with Crippen molar-refractivity contribution in [2.75, 3.05) is 0 Å². The first-order chi connectivity index (χ1) is 43.7. The van der Waals surface area contributed by atoms with Gasteiger partial charge in [-0.3, -0.25) is 0 Å². The molecule has 0 fully saturated rings. The largest absolute Gasteiger partial charge is 0.309 e. The van der Waals surface area contributed by atoms with Gasteiger partial charge in [0, 0.05) is 22.0 Å². The van der Waals surface area contributed by atoms with Gasteiger partial charge in [0.25, 0.3) is 0 Å². The number of nitrogens with zero attached hydrogens (tertiary/aromatic N) is 1. The normalized spacial score (nSPS) is 14.6. The van der Waals surface area contributed by atoms with Crippen LogP contribution in [0.25, 0.3) is 105 Å². The van der Waals surface area contributed by atoms with E-state index in [1.165, 1.54) is 166 Å². The van der Waals surface area contributed by atoms with Crippen molar-refractivity contribution >= 4 is 21.8 Å². The van der Waals surface area contributed by atoms with Crippen molar-refractivity contribution < 1.29 is 0 Å². The number of hydrogen-bond acceptors (Lipinski definition) is 0. The summed E-state index contributed by atoms with van der Waals surface area (Å²) >= 11 is 0. The smallest absolute Gasteiger partial charge is 0.0734 e. The van der Waals surface area contributed by atoms with Crippen LogP contribution < -0.4 is 0 Å². The number of rotatable bonds is 5. The van der Waals surface area contributed by atoms with Crippen molar-refractivity contribution in [3.05, 3.63) is 388 Å². The Morgan fingerprint density at radius 3 is 1.00 bits per heavy atom. The van der Waals surface area contributed by atoms with Crippen LogP contribution in [0.15, 0.2) is 322 Å². The zero-order valence-electron chi connectivity index (χ0n) is 48.0. The number of aromatic nitrogens is 1. The third-order valence-corrected chi connectivity index (χ3v) is 21.1. The van der Waals surface area contributed by atoms with E-state index in [0.29, 0.717) is 0 Å². The summed E-state index contributed by atoms with van der Waals surface area (Å²) in [6.07, 6.45) is 0. The fraction of sp³-hybridized carbons (Fsp3) is 0.0345. The molecule has 1 heteroatoms. The molecule has 0 radical (unpaired) electrons. The highest BCUT2D eigenvalue weighted by Crippen LogP contribution is 2.67. The summed E-state index contributed by atoms with van der Waals surface area (Å²) in [6, 6.07) is 123. The van der Waals surface area contributed by atoms with Crippen molar-refractivity contribution in [2.45, 2.75) is 16.2 Å². The van der Waals surface area contributed by atoms with Gasteiger partial charge in [0.05, 0.1) is 27.3 Å². The molecule has 1 heterocycles. The van der Waals surface area contributed by atoms with Crippen LogP contribution in [0.4, 0.5) is 0 Å². The second kappa shape index (κ2) is 17.5. The maximum atomic E-state index is 2.55. The lowest BCUT2D eigenvalue weighted by atomic mass is 9.67. The Balaban J connectivity index is 0.827. The monoisotopic (exact) mass is 1110 g/mol. The Kier molecular flexibility index (Phi) is 9.58. The van der Waals surface area contributed by atoms with E-state index in [1.807, 2.05) is 0 Å². The lowest BCUT2D eigenvalue weighted by molar-refractivity contribution is 0.772. The predicted octanol–water partition coefficient (Wildman–Crippen LogP) is 21.2. The van der Waals surface area contributed by atoms with E-state index in [-0.39, 0.29) is 0 Å². The number of para-hydroxylation sites is 2. The van der Waals surface area contributed by atoms with Gasteiger partial charge in [-0.15, -0.1) is 0 Å². The minimum atomic E-state index is -0.747. The van der Waals surface area contributed by atoms with Crippen molar-refractivity contribution in [3.8, 4) is 83.6 Å². The molecule has 20 rings (SSSR count). The van der Waals surface area contributed by atoms with E-state index in [0.717, 1.165) is 5.69 Å². The molecule has 14 aromatic carbocycles. The summed E-state index contributed by atoms with van der Waals surface area (Å²) in [7, 11) is 0. The highest BCUT2D eigenvalue weighted by Gasteiger charge is 2.54. The van der Waals surface area contributed by atoms with Crippen molar-refractivity contribution in [1.82, 2.24) is 4.57 Å². The molecule has 0 amide bonds. The van der Waals surface area contributed by atoms with Gasteiger partial charge in [0.1, 0.15) is 0 Å². The first-order valence-corrected chi connectivity index (χ1v) is 31.0. The van der Waals surface area contributed by atoms with E-state index < -0.39 is 16.2 Å². The Hall–Kier alpha value is -11.1. The Morgan fingerprint density at radius 2 is 0.545 bits per heavy atom. The quantitative estimate of drug-likeness (QED) is 0.162. The van der Waals surface area contributed by atoms with Crippen LogP contribution in [0.1, 0.15) is 66.8 Å². The minimum absolute atomic E-state index is 0.427. The molecule has 1 nitrogen and oxygen atoms in total. The predicted molar refractivity (Wildman–Crippen MR) is 362 cm³/mol. The number of fused-ring (bicyclic) bond motifs is 27. The van der Waals surface area contributed by atoms with Crippen LogP contribution >= 0.6 is 0 Å². The molecule has 0 aliphatic heterocycles. The van der Waals surface area contributed by atoms with Crippen LogP contribution in [-0.4, -0.2) is 4.57 Å². The Labute approximate surface area is 511 Å². The highest BCUT2D eigenvalue weighted by atomic mass is 15.0. The summed E-state index contributed by atoms with van der Waals surface area (Å²) in [5, 5.41) is 2.49. The van der Waals surface area contributed by atoms with Gasteiger partial charge in [0.2, 0.25) is 0 Å². The molecule has 0 saturated carbocycles. The molecule has 0 saturated heterocycles. The number of hydrogen-bond donors (Lipinski definition) is 0. The third kappa shape index (κ3) is 5.78. The van der Waals surface area contributed by atoms with E-state index in [4.69, 9.17) is 0 Å². The van der Waals surface area contributed by atoms with Crippen LogP contribution in [0.5, 0.6) is 0 Å². The van der Waals surface area contributed by atoms with Gasteiger partial charge in [0.15, 0.2) is 0 Å². The Morgan fingerprint density at radius 1 is 0.205 bits per heavy atom. The molecule has 1 aromatic heterocycles. The zero-order valence-corrected chi connectivity index (χ0v) is 48.0. The van der Waals surface area contributed by atoms with Crippen LogP contribution in [0, 0.1) is 0 Å². The van der Waals surface area contributed by atoms with E-state index in [2.05, 4.69) is 326 Å². The molecule has 15 aromatic rings. The van der Waals surface area contributed by atoms with Gasteiger partial charge >= 0.3 is 0 Å². The van der Waals surface area contributed by atoms with Crippen molar-refractivity contribution in [2.24, 2.45) is 0 Å². The summed E-state index contributed by atoms with van der Waals surface area (Å²) in [6.45, 7) is 0. The molecular weight excluding hydrogens is 1060 g/mol. The summed E-state index contributed by atoms with van der Waals surface area (Å²) in [5.74, 6) is 0. The first-order valence-electron chi connectivity index (χ1n) is 31.0. The van der Waals surface area contributed by atoms with Gasteiger partial charge < -0.3 is 4.57 Å². The lowest BCUT2D eigenvalue weighted by Crippen LogP contribution is -2.29. The lowest BCUT2D eigenvalue weighted by Gasteiger charge is -2.35. The SMILES string of the molecule is c1ccc(-n2c3ccccc3c3ccc4c(c32)C(c2ccc(-c3cccc5c3-c3ccccc3C53c5ccccc5-c5ccccc53)cc2)(c2ccc(-c3cccc5c3-c3ccccc3C53c5ccccc5-c5ccccc53)cc2)c2ccccc2-4)cc1. The maximum Gasteiger partial charge on any atom is 0.0734 e. The summed E-state index contributed by atoms with van der Waals surface area (Å²) < 4.78 is 2.55. The molecule has 0 unspecified atom stereocenters. The number of benzene rings is 14. The molecule has 88 heavy (non-hydrogen) atoms. The Bertz CT molecular complexity index is 5170. The fourth-order valence-corrected chi connectivity index (χ4v) is 18.0. The molecule has 2 spiro atoms. The van der Waals surface area contributed by atoms with E-state index >= 15 is 0 Å². The molecule has 0 N–H and O–H groups in total. The summed E-state index contributed by atoms with van der Waals surface area (Å²) in [5.41, 5.74) is 35.8. The average molecular weight is 1110 g/mol. The van der Waals surface area contributed by atoms with Gasteiger partial charge in [-0.25, -0.2) is 0 Å². The van der Waals surface area contributed by atoms with Gasteiger partial charge in [-0.1, -0.05) is 303 Å². The molecule has 0 bridgehead atoms. The minimum Gasteiger partial charge on any atom is -0.309 e. The third-order valence-electron chi connectivity index (χ3n) is 21.1. The second-order valence-corrected chi connectivity index (χ2v) is 24.8. The second-order valence-electron chi connectivity index (χ2n) is 24.8. The molecule has 0 atom stereocenters. The van der Waals surface area contributed by atoms with Crippen molar-refractivity contribution in [1.29, 1.82) is 0 Å². The van der Waals surface area contributed by atoms with Crippen molar-refractivity contribution in [3.63, 3.8) is 0 Å². The van der Waals surface area contributed by atoms with E-state index in [9.17, 15) is 0 Å². The average Bonchev–Trinajstić information content (AvgIpc) is 1.56. The standard InChI is InChI=1S/C87H53N/c1-2-22-58(23-3-1)88-80-43-19-11-29-66(80)68-53-52-67-65-28-8-12-34-71(65)85(83(67)84(68)88,56-48-44-54(45-49-56)59-32-20-41-78-81(59)69-30-9-17-39-76(69)86(78)72-35-13-4-24-61(72)62-25-5-14-36-73(62)86)57-50-46-55(47-51-57)60-33-21-42-79-82(60)70-31-10-18-40-77(70)87(79)74-37-15-6-26-63(74)64-27-7-16-38-75(64)87/h1-53H. The topological polar surface area (TPSA) is 4.93 Å². The first kappa shape index (κ1) is 48.2. The van der Waals surface area contributed by atoms with E-state index in [1.54, 1.807) is 0 Å². The maximum absolute atomic E-state index is 2.55. The molecule has 5 aliphatic rings. The molecule has 5 aliphatic carbocycles. The van der Waals surface area contributed by atoms with Gasteiger partial charge in [-0.2, -0.15) is 0 Å². The molecular formula is C87H53N. The fourth-order valence-electron chi connectivity index (χ4n) is 18.0. The highest BCUT2D eigenvalue weighted by molar-refractivity contribution is 6.14.